The van der Waals surface area contributed by atoms with Crippen LogP contribution in [-0.4, -0.2) is 20.4 Å². The molecular weight excluding hydrogens is 228 g/mol. The van der Waals surface area contributed by atoms with Crippen molar-refractivity contribution in [1.82, 2.24) is 14.3 Å². The van der Waals surface area contributed by atoms with Crippen LogP contribution >= 0.6 is 0 Å². The van der Waals surface area contributed by atoms with Gasteiger partial charge in [-0.05, 0) is 32.4 Å². The molecular formula is C13H18N4O. The van der Waals surface area contributed by atoms with E-state index in [4.69, 9.17) is 0 Å². The number of rotatable bonds is 3. The lowest BCUT2D eigenvalue weighted by molar-refractivity contribution is 0.745. The van der Waals surface area contributed by atoms with Gasteiger partial charge in [0.1, 0.15) is 5.69 Å². The van der Waals surface area contributed by atoms with Gasteiger partial charge in [-0.25, -0.2) is 0 Å². The van der Waals surface area contributed by atoms with E-state index in [0.29, 0.717) is 11.5 Å². The molecule has 96 valence electrons. The third-order valence-corrected chi connectivity index (χ3v) is 2.54. The van der Waals surface area contributed by atoms with Crippen LogP contribution in [0.3, 0.4) is 0 Å². The van der Waals surface area contributed by atoms with Crippen molar-refractivity contribution in [3.05, 3.63) is 40.4 Å². The predicted molar refractivity (Wildman–Crippen MR) is 72.3 cm³/mol. The topological polar surface area (TPSA) is 51.9 Å². The Kier molecular flexibility index (Phi) is 3.23. The zero-order chi connectivity index (χ0) is 13.3. The van der Waals surface area contributed by atoms with Crippen molar-refractivity contribution in [3.63, 3.8) is 0 Å². The van der Waals surface area contributed by atoms with E-state index in [1.807, 2.05) is 46.1 Å². The summed E-state index contributed by atoms with van der Waals surface area (Å²) in [6.07, 6.45) is 3.62. The molecule has 18 heavy (non-hydrogen) atoms. The molecule has 5 nitrogen and oxygen atoms in total. The van der Waals surface area contributed by atoms with Gasteiger partial charge in [0.25, 0.3) is 5.56 Å². The Labute approximate surface area is 106 Å². The summed E-state index contributed by atoms with van der Waals surface area (Å²) in [7, 11) is 1.83. The van der Waals surface area contributed by atoms with Crippen molar-refractivity contribution in [3.8, 4) is 5.82 Å². The van der Waals surface area contributed by atoms with Gasteiger partial charge < -0.3 is 5.32 Å². The SMILES string of the molecule is Cc1cc(NC(C)C)c(=O)n(-c2ccn(C)n2)c1. The highest BCUT2D eigenvalue weighted by Gasteiger charge is 2.09. The average Bonchev–Trinajstić information content (AvgIpc) is 2.69. The molecule has 0 saturated heterocycles. The third kappa shape index (κ3) is 2.45. The van der Waals surface area contributed by atoms with Crippen LogP contribution in [0.4, 0.5) is 5.69 Å². The van der Waals surface area contributed by atoms with E-state index in [1.54, 1.807) is 15.4 Å². The maximum absolute atomic E-state index is 12.3. The Hall–Kier alpha value is -2.04. The highest BCUT2D eigenvalue weighted by molar-refractivity contribution is 5.45. The number of nitrogens with zero attached hydrogens (tertiary/aromatic N) is 3. The van der Waals surface area contributed by atoms with Crippen LogP contribution in [0.5, 0.6) is 0 Å². The Balaban J connectivity index is 2.54. The fourth-order valence-electron chi connectivity index (χ4n) is 1.83. The first-order valence-corrected chi connectivity index (χ1v) is 5.97. The van der Waals surface area contributed by atoms with Crippen LogP contribution in [0.1, 0.15) is 19.4 Å². The number of nitrogens with one attached hydrogen (secondary N) is 1. The lowest BCUT2D eigenvalue weighted by Gasteiger charge is -2.12. The minimum absolute atomic E-state index is 0.0759. The average molecular weight is 246 g/mol. The molecule has 1 N–H and O–H groups in total. The quantitative estimate of drug-likeness (QED) is 0.896. The van der Waals surface area contributed by atoms with Crippen LogP contribution in [-0.2, 0) is 7.05 Å². The molecule has 2 rings (SSSR count). The number of aromatic nitrogens is 3. The monoisotopic (exact) mass is 246 g/mol. The molecule has 2 heterocycles. The number of pyridine rings is 1. The van der Waals surface area contributed by atoms with Gasteiger partial charge in [-0.2, -0.15) is 5.10 Å². The molecule has 0 aliphatic rings. The van der Waals surface area contributed by atoms with Gasteiger partial charge in [0, 0.05) is 31.5 Å². The molecule has 0 aromatic carbocycles. The first-order chi connectivity index (χ1) is 8.47. The molecule has 0 fully saturated rings. The van der Waals surface area contributed by atoms with Crippen molar-refractivity contribution in [1.29, 1.82) is 0 Å². The highest BCUT2D eigenvalue weighted by Crippen LogP contribution is 2.09. The summed E-state index contributed by atoms with van der Waals surface area (Å²) in [6.45, 7) is 5.98. The molecule has 2 aromatic heterocycles. The van der Waals surface area contributed by atoms with Gasteiger partial charge in [0.15, 0.2) is 5.82 Å². The number of aryl methyl sites for hydroxylation is 2. The van der Waals surface area contributed by atoms with Gasteiger partial charge in [0.2, 0.25) is 0 Å². The molecule has 0 aliphatic carbocycles. The second-order valence-electron chi connectivity index (χ2n) is 4.75. The molecule has 0 saturated carbocycles. The predicted octanol–water partition coefficient (Wildman–Crippen LogP) is 1.70. The second kappa shape index (κ2) is 4.68. The summed E-state index contributed by atoms with van der Waals surface area (Å²) in [5.41, 5.74) is 1.55. The van der Waals surface area contributed by atoms with Crippen LogP contribution in [0.2, 0.25) is 0 Å². The van der Waals surface area contributed by atoms with Crippen molar-refractivity contribution in [2.24, 2.45) is 7.05 Å². The Morgan fingerprint density at radius 2 is 2.11 bits per heavy atom. The summed E-state index contributed by atoms with van der Waals surface area (Å²) >= 11 is 0. The van der Waals surface area contributed by atoms with Crippen LogP contribution in [0.25, 0.3) is 5.82 Å². The van der Waals surface area contributed by atoms with Crippen molar-refractivity contribution in [2.75, 3.05) is 5.32 Å². The smallest absolute Gasteiger partial charge is 0.279 e. The Morgan fingerprint density at radius 3 is 2.67 bits per heavy atom. The van der Waals surface area contributed by atoms with Gasteiger partial charge >= 0.3 is 0 Å². The molecule has 5 heteroatoms. The van der Waals surface area contributed by atoms with Gasteiger partial charge in [-0.3, -0.25) is 14.0 Å². The van der Waals surface area contributed by atoms with Crippen molar-refractivity contribution >= 4 is 5.69 Å². The van der Waals surface area contributed by atoms with E-state index in [1.165, 1.54) is 0 Å². The normalized spacial score (nSPS) is 10.9. The summed E-state index contributed by atoms with van der Waals surface area (Å²) in [5.74, 6) is 0.637. The zero-order valence-corrected chi connectivity index (χ0v) is 11.1. The summed E-state index contributed by atoms with van der Waals surface area (Å²) < 4.78 is 3.25. The molecule has 2 aromatic rings. The van der Waals surface area contributed by atoms with E-state index in [-0.39, 0.29) is 11.6 Å². The van der Waals surface area contributed by atoms with E-state index in [0.717, 1.165) is 5.56 Å². The highest BCUT2D eigenvalue weighted by atomic mass is 16.1. The second-order valence-corrected chi connectivity index (χ2v) is 4.75. The molecule has 0 aliphatic heterocycles. The Bertz CT molecular complexity index is 610. The van der Waals surface area contributed by atoms with Crippen molar-refractivity contribution in [2.45, 2.75) is 26.8 Å². The molecule has 0 radical (unpaired) electrons. The number of hydrogen-bond donors (Lipinski definition) is 1. The molecule has 0 unspecified atom stereocenters. The summed E-state index contributed by atoms with van der Waals surface area (Å²) in [6, 6.07) is 3.90. The van der Waals surface area contributed by atoms with Gasteiger partial charge in [-0.15, -0.1) is 0 Å². The Morgan fingerprint density at radius 1 is 1.39 bits per heavy atom. The van der Waals surface area contributed by atoms with Crippen LogP contribution in [0, 0.1) is 6.92 Å². The van der Waals surface area contributed by atoms with Gasteiger partial charge in [0.05, 0.1) is 0 Å². The first kappa shape index (κ1) is 12.4. The van der Waals surface area contributed by atoms with Crippen LogP contribution in [0.15, 0.2) is 29.3 Å². The maximum atomic E-state index is 12.3. The summed E-state index contributed by atoms with van der Waals surface area (Å²) in [4.78, 5) is 12.3. The molecule has 0 bridgehead atoms. The maximum Gasteiger partial charge on any atom is 0.279 e. The minimum Gasteiger partial charge on any atom is -0.378 e. The molecule has 0 spiro atoms. The molecule has 0 atom stereocenters. The van der Waals surface area contributed by atoms with Crippen molar-refractivity contribution < 1.29 is 0 Å². The summed E-state index contributed by atoms with van der Waals surface area (Å²) in [5, 5.41) is 7.42. The minimum atomic E-state index is -0.0759. The number of anilines is 1. The lowest BCUT2D eigenvalue weighted by atomic mass is 10.2. The lowest BCUT2D eigenvalue weighted by Crippen LogP contribution is -2.25. The largest absolute Gasteiger partial charge is 0.378 e. The number of hydrogen-bond acceptors (Lipinski definition) is 3. The fourth-order valence-corrected chi connectivity index (χ4v) is 1.83. The third-order valence-electron chi connectivity index (χ3n) is 2.54. The molecule has 0 amide bonds. The van der Waals surface area contributed by atoms with Gasteiger partial charge in [-0.1, -0.05) is 0 Å². The zero-order valence-electron chi connectivity index (χ0n) is 11.1. The first-order valence-electron chi connectivity index (χ1n) is 5.97. The standard InChI is InChI=1S/C13H18N4O/c1-9(2)14-11-7-10(3)8-17(13(11)18)12-5-6-16(4)15-12/h5-9,14H,1-4H3. The van der Waals surface area contributed by atoms with E-state index < -0.39 is 0 Å². The van der Waals surface area contributed by atoms with Crippen LogP contribution < -0.4 is 10.9 Å². The van der Waals surface area contributed by atoms with E-state index >= 15 is 0 Å². The van der Waals surface area contributed by atoms with E-state index in [9.17, 15) is 4.79 Å². The fraction of sp³-hybridized carbons (Fsp3) is 0.385. The van der Waals surface area contributed by atoms with E-state index in [2.05, 4.69) is 10.4 Å².